The molecule has 0 spiro atoms. The maximum atomic E-state index is 11.9. The van der Waals surface area contributed by atoms with Crippen molar-refractivity contribution in [2.45, 2.75) is 81.8 Å². The smallest absolute Gasteiger partial charge is 0.172 e. The molecule has 0 fully saturated rings. The minimum Gasteiger partial charge on any atom is -0.172 e. The summed E-state index contributed by atoms with van der Waals surface area (Å²) in [4.78, 5) is 0. The molecule has 0 amide bonds. The van der Waals surface area contributed by atoms with Gasteiger partial charge in [0.25, 0.3) is 0 Å². The summed E-state index contributed by atoms with van der Waals surface area (Å²) in [6, 6.07) is 18.6. The molecule has 0 radical (unpaired) electrons. The molecule has 0 heterocycles. The van der Waals surface area contributed by atoms with Gasteiger partial charge in [-0.25, -0.2) is 0 Å². The first-order valence-electron chi connectivity index (χ1n) is 11.2. The van der Waals surface area contributed by atoms with Crippen molar-refractivity contribution in [1.29, 1.82) is 0 Å². The van der Waals surface area contributed by atoms with Gasteiger partial charge < -0.3 is 0 Å². The van der Waals surface area contributed by atoms with Crippen LogP contribution in [-0.4, -0.2) is 6.18 Å². The molecule has 0 saturated heterocycles. The van der Waals surface area contributed by atoms with Crippen molar-refractivity contribution in [3.8, 4) is 0 Å². The Morgan fingerprint density at radius 1 is 0.385 bits per heavy atom. The Labute approximate surface area is 227 Å². The van der Waals surface area contributed by atoms with Crippen molar-refractivity contribution in [3.05, 3.63) is 106 Å². The molecule has 3 rings (SSSR count). The van der Waals surface area contributed by atoms with Gasteiger partial charge in [-0.2, -0.15) is 39.5 Å². The van der Waals surface area contributed by atoms with Crippen LogP contribution in [0.1, 0.15) is 69.0 Å². The minimum atomic E-state index is -4.21. The summed E-state index contributed by atoms with van der Waals surface area (Å²) in [5.74, 6) is 0. The summed E-state index contributed by atoms with van der Waals surface area (Å²) in [6.45, 7) is 11.9. The first kappa shape index (κ1) is 43.1. The molecule has 0 atom stereocenters. The van der Waals surface area contributed by atoms with Crippen LogP contribution in [0, 0.1) is 27.7 Å². The average Bonchev–Trinajstić information content (AvgIpc) is 2.76. The first-order valence-corrected chi connectivity index (χ1v) is 11.2. The maximum Gasteiger partial charge on any atom is 0.416 e. The highest BCUT2D eigenvalue weighted by molar-refractivity contribution is 5.24. The predicted octanol–water partition coefficient (Wildman–Crippen LogP) is 12.2. The summed E-state index contributed by atoms with van der Waals surface area (Å²) in [5, 5.41) is 0. The van der Waals surface area contributed by atoms with Crippen LogP contribution in [-0.2, 0) is 12.4 Å². The van der Waals surface area contributed by atoms with E-state index in [0.29, 0.717) is 0 Å². The molecule has 3 aromatic rings. The van der Waals surface area contributed by atoms with Gasteiger partial charge in [0, 0.05) is 6.92 Å². The van der Waals surface area contributed by atoms with Gasteiger partial charge in [0.15, 0.2) is 0 Å². The molecule has 0 aliphatic heterocycles. The zero-order valence-electron chi connectivity index (χ0n) is 21.8. The molecule has 9 heteroatoms. The largest absolute Gasteiger partial charge is 0.416 e. The third-order valence-corrected chi connectivity index (χ3v) is 3.98. The predicted molar refractivity (Wildman–Crippen MR) is 145 cm³/mol. The number of benzene rings is 3. The van der Waals surface area contributed by atoms with Crippen LogP contribution in [0.15, 0.2) is 72.8 Å². The number of hydrogen-bond donors (Lipinski definition) is 0. The van der Waals surface area contributed by atoms with Crippen molar-refractivity contribution in [2.75, 3.05) is 0 Å². The zero-order chi connectivity index (χ0) is 29.4. The molecule has 0 saturated carbocycles. The standard InChI is InChI=1S/2C8H7F3.C8H10.C2H3F3.C2H6.2CH4/c2*1-6-2-4-7(5-3-6)8(9,10)11;1-7-3-5-8(2)6-4-7;1-2(3,4)5;1-2;;/h2*2-5H,1H3;3-6H,1-2H3;1H3;1-2H3;2*1H4. The van der Waals surface area contributed by atoms with Crippen LogP contribution < -0.4 is 0 Å². The molecule has 0 N–H and O–H groups in total. The third kappa shape index (κ3) is 25.1. The van der Waals surface area contributed by atoms with E-state index in [1.807, 2.05) is 13.8 Å². The van der Waals surface area contributed by atoms with Crippen molar-refractivity contribution in [2.24, 2.45) is 0 Å². The van der Waals surface area contributed by atoms with Crippen molar-refractivity contribution < 1.29 is 39.5 Å². The molecule has 3 aromatic carbocycles. The van der Waals surface area contributed by atoms with Gasteiger partial charge in [0.1, 0.15) is 0 Å². The zero-order valence-corrected chi connectivity index (χ0v) is 21.8. The second-order valence-corrected chi connectivity index (χ2v) is 7.66. The lowest BCUT2D eigenvalue weighted by Crippen LogP contribution is -2.03. The van der Waals surface area contributed by atoms with Crippen LogP contribution in [0.2, 0.25) is 0 Å². The van der Waals surface area contributed by atoms with E-state index in [1.165, 1.54) is 35.4 Å². The Bertz CT molecular complexity index is 881. The van der Waals surface area contributed by atoms with Crippen molar-refractivity contribution in [1.82, 2.24) is 0 Å². The number of halogens is 9. The fraction of sp³-hybridized carbons (Fsp3) is 0.400. The second kappa shape index (κ2) is 20.0. The Balaban J connectivity index is -0.000000208. The number of aryl methyl sites for hydroxylation is 4. The molecule has 0 unspecified atom stereocenters. The molecule has 0 nitrogen and oxygen atoms in total. The van der Waals surface area contributed by atoms with Crippen LogP contribution >= 0.6 is 0 Å². The van der Waals surface area contributed by atoms with Gasteiger partial charge in [-0.3, -0.25) is 0 Å². The highest BCUT2D eigenvalue weighted by Crippen LogP contribution is 2.29. The fourth-order valence-corrected chi connectivity index (χ4v) is 2.12. The fourth-order valence-electron chi connectivity index (χ4n) is 2.12. The first-order chi connectivity index (χ1) is 16.8. The van der Waals surface area contributed by atoms with Gasteiger partial charge in [0.05, 0.1) is 11.1 Å². The molecule has 0 bridgehead atoms. The van der Waals surface area contributed by atoms with Gasteiger partial charge in [0.2, 0.25) is 0 Å². The number of rotatable bonds is 0. The summed E-state index contributed by atoms with van der Waals surface area (Å²) < 4.78 is 103. The summed E-state index contributed by atoms with van der Waals surface area (Å²) >= 11 is 0. The molecule has 0 aromatic heterocycles. The van der Waals surface area contributed by atoms with E-state index in [-0.39, 0.29) is 21.8 Å². The van der Waals surface area contributed by atoms with Crippen LogP contribution in [0.25, 0.3) is 0 Å². The van der Waals surface area contributed by atoms with Crippen molar-refractivity contribution >= 4 is 0 Å². The number of alkyl halides is 9. The van der Waals surface area contributed by atoms with Crippen LogP contribution in [0.3, 0.4) is 0 Å². The maximum absolute atomic E-state index is 11.9. The molecule has 39 heavy (non-hydrogen) atoms. The molecule has 0 aliphatic rings. The molecule has 224 valence electrons. The molecular formula is C30H41F9. The second-order valence-electron chi connectivity index (χ2n) is 7.66. The highest BCUT2D eigenvalue weighted by Gasteiger charge is 2.30. The molecular weight excluding hydrogens is 531 g/mol. The average molecular weight is 573 g/mol. The van der Waals surface area contributed by atoms with E-state index in [4.69, 9.17) is 0 Å². The van der Waals surface area contributed by atoms with E-state index in [0.717, 1.165) is 35.4 Å². The highest BCUT2D eigenvalue weighted by atomic mass is 19.4. The monoisotopic (exact) mass is 572 g/mol. The third-order valence-electron chi connectivity index (χ3n) is 3.98. The van der Waals surface area contributed by atoms with E-state index in [2.05, 4.69) is 38.1 Å². The van der Waals surface area contributed by atoms with E-state index in [1.54, 1.807) is 13.8 Å². The minimum absolute atomic E-state index is 0. The summed E-state index contributed by atoms with van der Waals surface area (Å²) in [6.07, 6.45) is -12.4. The normalized spacial score (nSPS) is 10.2. The van der Waals surface area contributed by atoms with Gasteiger partial charge in [-0.1, -0.05) is 99.5 Å². The van der Waals surface area contributed by atoms with Gasteiger partial charge >= 0.3 is 18.5 Å². The Hall–Kier alpha value is -2.97. The lowest BCUT2D eigenvalue weighted by molar-refractivity contribution is -0.138. The van der Waals surface area contributed by atoms with Gasteiger partial charge in [-0.15, -0.1) is 0 Å². The number of hydrogen-bond acceptors (Lipinski definition) is 0. The summed E-state index contributed by atoms with van der Waals surface area (Å²) in [7, 11) is 0. The summed E-state index contributed by atoms with van der Waals surface area (Å²) in [5.41, 5.74) is 3.13. The molecule has 0 aliphatic carbocycles. The Morgan fingerprint density at radius 2 is 0.513 bits per heavy atom. The Morgan fingerprint density at radius 3 is 0.641 bits per heavy atom. The van der Waals surface area contributed by atoms with E-state index < -0.39 is 29.7 Å². The van der Waals surface area contributed by atoms with Crippen LogP contribution in [0.4, 0.5) is 39.5 Å². The van der Waals surface area contributed by atoms with E-state index in [9.17, 15) is 39.5 Å². The lowest BCUT2D eigenvalue weighted by atomic mass is 10.1. The lowest BCUT2D eigenvalue weighted by Gasteiger charge is -2.05. The SMILES string of the molecule is C.C.CC.CC(F)(F)F.Cc1ccc(C(F)(F)F)cc1.Cc1ccc(C(F)(F)F)cc1.Cc1ccc(C)cc1. The van der Waals surface area contributed by atoms with E-state index >= 15 is 0 Å². The van der Waals surface area contributed by atoms with Crippen LogP contribution in [0.5, 0.6) is 0 Å². The van der Waals surface area contributed by atoms with Crippen molar-refractivity contribution in [3.63, 3.8) is 0 Å². The Kier molecular flexibility index (Phi) is 22.1. The quantitative estimate of drug-likeness (QED) is 0.235. The topological polar surface area (TPSA) is 0 Å². The van der Waals surface area contributed by atoms with Gasteiger partial charge in [-0.05, 0) is 52.0 Å².